The second kappa shape index (κ2) is 4.45. The Balaban J connectivity index is 2.41. The predicted octanol–water partition coefficient (Wildman–Crippen LogP) is -1.42. The fourth-order valence-electron chi connectivity index (χ4n) is 2.06. The zero-order valence-corrected chi connectivity index (χ0v) is 7.64. The van der Waals surface area contributed by atoms with E-state index in [9.17, 15) is 9.90 Å². The third-order valence-electron chi connectivity index (χ3n) is 2.74. The molecule has 0 bridgehead atoms. The van der Waals surface area contributed by atoms with E-state index in [0.717, 1.165) is 13.0 Å². The van der Waals surface area contributed by atoms with Crippen molar-refractivity contribution in [2.24, 2.45) is 0 Å². The topological polar surface area (TPSA) is 44.6 Å². The summed E-state index contributed by atoms with van der Waals surface area (Å²) < 4.78 is 0. The van der Waals surface area contributed by atoms with E-state index < -0.39 is 5.97 Å². The van der Waals surface area contributed by atoms with E-state index in [1.165, 1.54) is 24.2 Å². The Kier molecular flexibility index (Phi) is 3.53. The maximum atomic E-state index is 10.4. The summed E-state index contributed by atoms with van der Waals surface area (Å²) in [6.45, 7) is 3.33. The Bertz CT molecular complexity index is 159. The van der Waals surface area contributed by atoms with Gasteiger partial charge in [-0.05, 0) is 25.7 Å². The van der Waals surface area contributed by atoms with E-state index in [2.05, 4.69) is 6.92 Å². The van der Waals surface area contributed by atoms with E-state index in [1.54, 1.807) is 0 Å². The fraction of sp³-hybridized carbons (Fsp3) is 0.889. The summed E-state index contributed by atoms with van der Waals surface area (Å²) in [6, 6.07) is 0.552. The molecule has 1 saturated heterocycles. The number of likely N-dealkylation sites (tertiary alicyclic amines) is 1. The van der Waals surface area contributed by atoms with Crippen LogP contribution in [0.4, 0.5) is 0 Å². The van der Waals surface area contributed by atoms with Crippen LogP contribution < -0.4 is 10.0 Å². The number of piperidine rings is 1. The molecule has 3 heteroatoms. The lowest BCUT2D eigenvalue weighted by Crippen LogP contribution is -3.17. The Morgan fingerprint density at radius 1 is 1.58 bits per heavy atom. The molecule has 2 atom stereocenters. The molecule has 0 aromatic heterocycles. The van der Waals surface area contributed by atoms with Crippen molar-refractivity contribution in [3.8, 4) is 0 Å². The SMILES string of the molecule is CC[C@@H]1CCCC[NH+]1CC(=O)[O-]. The number of hydrogen-bond donors (Lipinski definition) is 1. The minimum atomic E-state index is -0.912. The van der Waals surface area contributed by atoms with Gasteiger partial charge >= 0.3 is 0 Å². The number of carbonyl (C=O) groups excluding carboxylic acids is 1. The van der Waals surface area contributed by atoms with E-state index in [1.807, 2.05) is 0 Å². The van der Waals surface area contributed by atoms with Crippen LogP contribution in [-0.4, -0.2) is 25.1 Å². The van der Waals surface area contributed by atoms with Gasteiger partial charge in [0.15, 0.2) is 0 Å². The monoisotopic (exact) mass is 171 g/mol. The minimum Gasteiger partial charge on any atom is -0.544 e. The molecule has 1 fully saturated rings. The number of quaternary nitrogens is 1. The molecule has 1 heterocycles. The number of carbonyl (C=O) groups is 1. The van der Waals surface area contributed by atoms with Crippen molar-refractivity contribution >= 4 is 5.97 Å². The molecule has 1 rings (SSSR count). The zero-order valence-electron chi connectivity index (χ0n) is 7.64. The molecule has 0 aromatic carbocycles. The van der Waals surface area contributed by atoms with Gasteiger partial charge in [-0.3, -0.25) is 0 Å². The van der Waals surface area contributed by atoms with Crippen molar-refractivity contribution in [2.75, 3.05) is 13.1 Å². The smallest absolute Gasteiger partial charge is 0.118 e. The average molecular weight is 171 g/mol. The standard InChI is InChI=1S/C9H17NO2/c1-2-8-5-3-4-6-10(8)7-9(11)12/h8H,2-7H2,1H3,(H,11,12)/t8-/m1/s1. The van der Waals surface area contributed by atoms with Gasteiger partial charge in [-0.25, -0.2) is 0 Å². The lowest BCUT2D eigenvalue weighted by Gasteiger charge is -2.32. The molecule has 1 unspecified atom stereocenters. The summed E-state index contributed by atoms with van der Waals surface area (Å²) in [7, 11) is 0. The number of nitrogens with one attached hydrogen (secondary N) is 1. The van der Waals surface area contributed by atoms with Crippen LogP contribution in [-0.2, 0) is 4.79 Å². The summed E-state index contributed by atoms with van der Waals surface area (Å²) >= 11 is 0. The van der Waals surface area contributed by atoms with E-state index in [-0.39, 0.29) is 6.54 Å². The van der Waals surface area contributed by atoms with Gasteiger partial charge in [0, 0.05) is 0 Å². The van der Waals surface area contributed by atoms with Gasteiger partial charge in [0.25, 0.3) is 0 Å². The Morgan fingerprint density at radius 2 is 2.33 bits per heavy atom. The summed E-state index contributed by atoms with van der Waals surface area (Å²) in [4.78, 5) is 11.6. The highest BCUT2D eigenvalue weighted by atomic mass is 16.4. The van der Waals surface area contributed by atoms with Gasteiger partial charge in [-0.2, -0.15) is 0 Å². The second-order valence-electron chi connectivity index (χ2n) is 3.56. The van der Waals surface area contributed by atoms with Gasteiger partial charge in [-0.1, -0.05) is 6.92 Å². The van der Waals surface area contributed by atoms with Crippen molar-refractivity contribution in [2.45, 2.75) is 38.6 Å². The van der Waals surface area contributed by atoms with Crippen molar-refractivity contribution < 1.29 is 14.8 Å². The third kappa shape index (κ3) is 2.48. The molecule has 0 radical (unpaired) electrons. The molecule has 0 aromatic rings. The first-order valence-electron chi connectivity index (χ1n) is 4.78. The lowest BCUT2D eigenvalue weighted by atomic mass is 10.0. The summed E-state index contributed by atoms with van der Waals surface area (Å²) in [6.07, 6.45) is 4.69. The van der Waals surface area contributed by atoms with Crippen molar-refractivity contribution in [1.29, 1.82) is 0 Å². The highest BCUT2D eigenvalue weighted by Crippen LogP contribution is 2.04. The molecule has 1 aliphatic rings. The first kappa shape index (κ1) is 9.52. The molecule has 0 aliphatic carbocycles. The van der Waals surface area contributed by atoms with Crippen LogP contribution in [0.2, 0.25) is 0 Å². The molecule has 0 saturated carbocycles. The molecule has 12 heavy (non-hydrogen) atoms. The second-order valence-corrected chi connectivity index (χ2v) is 3.56. The predicted molar refractivity (Wildman–Crippen MR) is 43.6 cm³/mol. The number of aliphatic carboxylic acids is 1. The minimum absolute atomic E-state index is 0.193. The van der Waals surface area contributed by atoms with Crippen LogP contribution in [0.1, 0.15) is 32.6 Å². The normalized spacial score (nSPS) is 30.1. The summed E-state index contributed by atoms with van der Waals surface area (Å²) in [5.41, 5.74) is 0. The fourth-order valence-corrected chi connectivity index (χ4v) is 2.06. The van der Waals surface area contributed by atoms with Gasteiger partial charge < -0.3 is 14.8 Å². The first-order valence-corrected chi connectivity index (χ1v) is 4.78. The Labute approximate surface area is 73.4 Å². The van der Waals surface area contributed by atoms with Crippen LogP contribution in [0.5, 0.6) is 0 Å². The summed E-state index contributed by atoms with van der Waals surface area (Å²) in [5.74, 6) is -0.912. The van der Waals surface area contributed by atoms with Gasteiger partial charge in [0.05, 0.1) is 18.6 Å². The number of hydrogen-bond acceptors (Lipinski definition) is 2. The van der Waals surface area contributed by atoms with E-state index >= 15 is 0 Å². The van der Waals surface area contributed by atoms with Crippen molar-refractivity contribution in [1.82, 2.24) is 0 Å². The van der Waals surface area contributed by atoms with Crippen LogP contribution in [0.15, 0.2) is 0 Å². The molecular formula is C9H17NO2. The number of rotatable bonds is 3. The van der Waals surface area contributed by atoms with Crippen LogP contribution >= 0.6 is 0 Å². The van der Waals surface area contributed by atoms with Crippen molar-refractivity contribution in [3.05, 3.63) is 0 Å². The van der Waals surface area contributed by atoms with E-state index in [4.69, 9.17) is 0 Å². The summed E-state index contributed by atoms with van der Waals surface area (Å²) in [5, 5.41) is 10.4. The molecule has 70 valence electrons. The number of carboxylic acids is 1. The average Bonchev–Trinajstić information content (AvgIpc) is 2.04. The first-order chi connectivity index (χ1) is 5.74. The van der Waals surface area contributed by atoms with Crippen molar-refractivity contribution in [3.63, 3.8) is 0 Å². The van der Waals surface area contributed by atoms with Crippen LogP contribution in [0, 0.1) is 0 Å². The molecule has 0 spiro atoms. The highest BCUT2D eigenvalue weighted by molar-refractivity contribution is 5.65. The van der Waals surface area contributed by atoms with Gasteiger partial charge in [0.1, 0.15) is 6.54 Å². The Morgan fingerprint density at radius 3 is 2.92 bits per heavy atom. The quantitative estimate of drug-likeness (QED) is 0.566. The van der Waals surface area contributed by atoms with Crippen LogP contribution in [0.25, 0.3) is 0 Å². The Hall–Kier alpha value is -0.570. The maximum absolute atomic E-state index is 10.4. The largest absolute Gasteiger partial charge is 0.544 e. The highest BCUT2D eigenvalue weighted by Gasteiger charge is 2.23. The molecular weight excluding hydrogens is 154 g/mol. The van der Waals surface area contributed by atoms with Gasteiger partial charge in [0.2, 0.25) is 0 Å². The molecule has 0 amide bonds. The van der Waals surface area contributed by atoms with Gasteiger partial charge in [-0.15, -0.1) is 0 Å². The molecule has 1 aliphatic heterocycles. The lowest BCUT2D eigenvalue weighted by molar-refractivity contribution is -0.925. The number of carboxylic acid groups (broad SMARTS) is 1. The third-order valence-corrected chi connectivity index (χ3v) is 2.74. The zero-order chi connectivity index (χ0) is 8.97. The van der Waals surface area contributed by atoms with Crippen LogP contribution in [0.3, 0.4) is 0 Å². The maximum Gasteiger partial charge on any atom is 0.118 e. The molecule has 3 nitrogen and oxygen atoms in total. The molecule has 1 N–H and O–H groups in total. The van der Waals surface area contributed by atoms with E-state index in [0.29, 0.717) is 6.04 Å².